The molecule has 2 aliphatic heterocycles. The van der Waals surface area contributed by atoms with Crippen molar-refractivity contribution in [3.63, 3.8) is 0 Å². The number of piperidine rings is 1. The van der Waals surface area contributed by atoms with Gasteiger partial charge in [-0.05, 0) is 48.2 Å². The van der Waals surface area contributed by atoms with Crippen LogP contribution in [0.3, 0.4) is 0 Å². The zero-order valence-corrected chi connectivity index (χ0v) is 24.5. The monoisotopic (exact) mass is 604 g/mol. The van der Waals surface area contributed by atoms with E-state index in [1.54, 1.807) is 6.07 Å². The number of anilines is 1. The van der Waals surface area contributed by atoms with Gasteiger partial charge in [-0.1, -0.05) is 36.4 Å². The molecule has 1 unspecified atom stereocenters. The number of likely N-dealkylation sites (tertiary alicyclic amines) is 1. The molecule has 0 radical (unpaired) electrons. The predicted molar refractivity (Wildman–Crippen MR) is 159 cm³/mol. The minimum atomic E-state index is -0.560. The van der Waals surface area contributed by atoms with Crippen molar-refractivity contribution in [2.75, 3.05) is 31.5 Å². The Morgan fingerprint density at radius 3 is 2.88 bits per heavy atom. The molecule has 2 amide bonds. The molecule has 2 aromatic carbocycles. The summed E-state index contributed by atoms with van der Waals surface area (Å²) >= 11 is 2.10. The number of carbonyl (C=O) groups is 2. The zero-order valence-electron chi connectivity index (χ0n) is 22.8. The standard InChI is InChI=1S/C30H29FN6O3S2/c31-30-33-26(35-42-30)18-40-20-7-4-12-36(16-20)13-11-27(38)37-14-10-22-24(15-32)29(41-25(22)17-37)34-28(39)23-9-3-6-19-5-1-2-8-21(19)23/h1-3,5-6,8-9,20H,4,7,10-14,16-18H2,(H,34,39). The van der Waals surface area contributed by atoms with Gasteiger partial charge in [-0.3, -0.25) is 9.59 Å². The maximum atomic E-state index is 13.2. The van der Waals surface area contributed by atoms with Crippen LogP contribution < -0.4 is 5.32 Å². The third-order valence-corrected chi connectivity index (χ3v) is 9.45. The minimum Gasteiger partial charge on any atom is -0.369 e. The Kier molecular flexibility index (Phi) is 8.53. The summed E-state index contributed by atoms with van der Waals surface area (Å²) in [6.45, 7) is 3.39. The summed E-state index contributed by atoms with van der Waals surface area (Å²) in [5.41, 5.74) is 1.97. The molecule has 1 atom stereocenters. The van der Waals surface area contributed by atoms with Crippen LogP contribution in [0.4, 0.5) is 9.39 Å². The van der Waals surface area contributed by atoms with Crippen molar-refractivity contribution < 1.29 is 18.7 Å². The van der Waals surface area contributed by atoms with Crippen molar-refractivity contribution in [1.29, 1.82) is 5.26 Å². The van der Waals surface area contributed by atoms with E-state index in [9.17, 15) is 19.2 Å². The molecule has 6 rings (SSSR count). The second-order valence-corrected chi connectivity index (χ2v) is 12.3. The largest absolute Gasteiger partial charge is 0.369 e. The van der Waals surface area contributed by atoms with E-state index in [1.165, 1.54) is 11.3 Å². The number of nitrogens with zero attached hydrogens (tertiary/aromatic N) is 5. The van der Waals surface area contributed by atoms with E-state index in [1.807, 2.05) is 41.3 Å². The van der Waals surface area contributed by atoms with Crippen LogP contribution in [0.1, 0.15) is 51.4 Å². The van der Waals surface area contributed by atoms with Gasteiger partial charge in [0.05, 0.1) is 18.2 Å². The van der Waals surface area contributed by atoms with Crippen molar-refractivity contribution in [3.05, 3.63) is 75.1 Å². The Labute approximate surface area is 250 Å². The highest BCUT2D eigenvalue weighted by Gasteiger charge is 2.29. The summed E-state index contributed by atoms with van der Waals surface area (Å²) in [6.07, 6.45) is 2.84. The number of nitriles is 1. The Morgan fingerprint density at radius 2 is 2.05 bits per heavy atom. The zero-order chi connectivity index (χ0) is 29.1. The molecule has 1 N–H and O–H groups in total. The van der Waals surface area contributed by atoms with Crippen molar-refractivity contribution in [3.8, 4) is 6.07 Å². The van der Waals surface area contributed by atoms with Gasteiger partial charge in [-0.15, -0.1) is 11.3 Å². The summed E-state index contributed by atoms with van der Waals surface area (Å²) in [6, 6.07) is 15.6. The lowest BCUT2D eigenvalue weighted by molar-refractivity contribution is -0.132. The molecule has 0 spiro atoms. The molecular formula is C30H29FN6O3S2. The van der Waals surface area contributed by atoms with Gasteiger partial charge in [0.25, 0.3) is 11.2 Å². The van der Waals surface area contributed by atoms with Crippen LogP contribution >= 0.6 is 22.9 Å². The van der Waals surface area contributed by atoms with Gasteiger partial charge < -0.3 is 19.9 Å². The molecule has 0 aliphatic carbocycles. The fourth-order valence-electron chi connectivity index (χ4n) is 5.66. The number of ether oxygens (including phenoxy) is 1. The molecule has 4 heterocycles. The maximum Gasteiger partial charge on any atom is 0.288 e. The highest BCUT2D eigenvalue weighted by atomic mass is 32.1. The number of halogens is 1. The van der Waals surface area contributed by atoms with E-state index in [2.05, 4.69) is 25.6 Å². The number of aromatic nitrogens is 2. The SMILES string of the molecule is N#Cc1c(NC(=O)c2cccc3ccccc23)sc2c1CCN(C(=O)CCN1CCCC(OCc3nsc(F)n3)C1)C2. The molecule has 0 saturated carbocycles. The fourth-order valence-corrected chi connectivity index (χ4v) is 7.29. The van der Waals surface area contributed by atoms with E-state index >= 15 is 0 Å². The summed E-state index contributed by atoms with van der Waals surface area (Å²) in [5.74, 6) is 0.173. The van der Waals surface area contributed by atoms with E-state index < -0.39 is 5.26 Å². The second kappa shape index (κ2) is 12.6. The lowest BCUT2D eigenvalue weighted by Gasteiger charge is -2.33. The summed E-state index contributed by atoms with van der Waals surface area (Å²) in [7, 11) is 0. The first-order valence-electron chi connectivity index (χ1n) is 13.9. The molecule has 0 bridgehead atoms. The number of carbonyl (C=O) groups excluding carboxylic acids is 2. The average Bonchev–Trinajstić information content (AvgIpc) is 3.60. The Bertz CT molecular complexity index is 1660. The Balaban J connectivity index is 1.05. The number of fused-ring (bicyclic) bond motifs is 2. The molecule has 9 nitrogen and oxygen atoms in total. The second-order valence-electron chi connectivity index (χ2n) is 10.5. The number of amides is 2. The number of benzene rings is 2. The number of hydrogen-bond donors (Lipinski definition) is 1. The van der Waals surface area contributed by atoms with Crippen LogP contribution in [0, 0.1) is 16.6 Å². The van der Waals surface area contributed by atoms with Crippen LogP contribution in [-0.4, -0.2) is 63.3 Å². The summed E-state index contributed by atoms with van der Waals surface area (Å²) in [5, 5.41) is 14.7. The van der Waals surface area contributed by atoms with Gasteiger partial charge in [0.2, 0.25) is 5.91 Å². The number of rotatable bonds is 8. The van der Waals surface area contributed by atoms with Gasteiger partial charge in [-0.25, -0.2) is 0 Å². The van der Waals surface area contributed by atoms with Gasteiger partial charge >= 0.3 is 0 Å². The highest BCUT2D eigenvalue weighted by Crippen LogP contribution is 2.37. The number of nitrogens with one attached hydrogen (secondary N) is 1. The van der Waals surface area contributed by atoms with Crippen molar-refractivity contribution in [1.82, 2.24) is 19.2 Å². The van der Waals surface area contributed by atoms with E-state index in [4.69, 9.17) is 4.74 Å². The molecular weight excluding hydrogens is 576 g/mol. The predicted octanol–water partition coefficient (Wildman–Crippen LogP) is 4.97. The van der Waals surface area contributed by atoms with E-state index in [0.29, 0.717) is 61.0 Å². The third-order valence-electron chi connectivity index (χ3n) is 7.78. The average molecular weight is 605 g/mol. The third kappa shape index (κ3) is 6.19. The maximum absolute atomic E-state index is 13.2. The van der Waals surface area contributed by atoms with Gasteiger partial charge in [0.1, 0.15) is 17.7 Å². The van der Waals surface area contributed by atoms with E-state index in [-0.39, 0.29) is 24.5 Å². The first kappa shape index (κ1) is 28.4. The molecule has 42 heavy (non-hydrogen) atoms. The van der Waals surface area contributed by atoms with Gasteiger partial charge in [0.15, 0.2) is 5.82 Å². The quantitative estimate of drug-likeness (QED) is 0.302. The minimum absolute atomic E-state index is 0.00372. The summed E-state index contributed by atoms with van der Waals surface area (Å²) < 4.78 is 22.9. The number of thiophene rings is 1. The fraction of sp³-hybridized carbons (Fsp3) is 0.367. The van der Waals surface area contributed by atoms with Crippen molar-refractivity contribution in [2.24, 2.45) is 0 Å². The Hall–Kier alpha value is -3.76. The van der Waals surface area contributed by atoms with Crippen LogP contribution in [0.2, 0.25) is 0 Å². The molecule has 1 fully saturated rings. The molecule has 4 aromatic rings. The van der Waals surface area contributed by atoms with Crippen LogP contribution in [0.5, 0.6) is 0 Å². The van der Waals surface area contributed by atoms with Crippen LogP contribution in [0.15, 0.2) is 42.5 Å². The van der Waals surface area contributed by atoms with Gasteiger partial charge in [0, 0.05) is 48.0 Å². The molecule has 12 heteroatoms. The van der Waals surface area contributed by atoms with Gasteiger partial charge in [-0.2, -0.15) is 19.0 Å². The van der Waals surface area contributed by atoms with Crippen LogP contribution in [0.25, 0.3) is 10.8 Å². The van der Waals surface area contributed by atoms with Crippen molar-refractivity contribution in [2.45, 2.75) is 44.9 Å². The molecule has 216 valence electrons. The lowest BCUT2D eigenvalue weighted by atomic mass is 10.0. The van der Waals surface area contributed by atoms with Crippen LogP contribution in [-0.2, 0) is 29.1 Å². The normalized spacial score (nSPS) is 17.1. The van der Waals surface area contributed by atoms with Crippen molar-refractivity contribution >= 4 is 50.5 Å². The lowest BCUT2D eigenvalue weighted by Crippen LogP contribution is -2.42. The molecule has 2 aromatic heterocycles. The van der Waals surface area contributed by atoms with E-state index in [0.717, 1.165) is 52.1 Å². The molecule has 1 saturated heterocycles. The highest BCUT2D eigenvalue weighted by molar-refractivity contribution is 7.16. The Morgan fingerprint density at radius 1 is 1.19 bits per heavy atom. The topological polar surface area (TPSA) is 111 Å². The smallest absolute Gasteiger partial charge is 0.288 e. The number of hydrogen-bond acceptors (Lipinski definition) is 9. The molecule has 2 aliphatic rings. The first-order chi connectivity index (χ1) is 20.5. The first-order valence-corrected chi connectivity index (χ1v) is 15.5. The summed E-state index contributed by atoms with van der Waals surface area (Å²) in [4.78, 5) is 35.1.